The molecule has 0 aromatic heterocycles. The van der Waals surface area contributed by atoms with Gasteiger partial charge in [-0.1, -0.05) is 19.1 Å². The number of benzene rings is 1. The van der Waals surface area contributed by atoms with Crippen molar-refractivity contribution in [1.82, 2.24) is 0 Å². The van der Waals surface area contributed by atoms with Crippen LogP contribution in [0, 0.1) is 0 Å². The molecule has 1 aromatic carbocycles. The number of carbonyl (C=O) groups is 1. The number of rotatable bonds is 2. The minimum absolute atomic E-state index is 0.206. The second kappa shape index (κ2) is 3.19. The van der Waals surface area contributed by atoms with Crippen molar-refractivity contribution in [3.8, 4) is 5.75 Å². The Bertz CT molecular complexity index is 266. The fourth-order valence-corrected chi connectivity index (χ4v) is 0.953. The van der Waals surface area contributed by atoms with E-state index in [-0.39, 0.29) is 5.75 Å². The van der Waals surface area contributed by atoms with Gasteiger partial charge in [0.1, 0.15) is 12.0 Å². The lowest BCUT2D eigenvalue weighted by Crippen LogP contribution is -1.84. The van der Waals surface area contributed by atoms with E-state index in [9.17, 15) is 9.90 Å². The molecule has 2 nitrogen and oxygen atoms in total. The summed E-state index contributed by atoms with van der Waals surface area (Å²) in [6.45, 7) is 1.95. The second-order valence-corrected chi connectivity index (χ2v) is 2.36. The Kier molecular flexibility index (Phi) is 2.26. The molecular formula is C9H10O2. The van der Waals surface area contributed by atoms with Crippen molar-refractivity contribution >= 4 is 6.29 Å². The molecule has 1 aromatic rings. The van der Waals surface area contributed by atoms with E-state index in [1.165, 1.54) is 6.07 Å². The number of phenols is 1. The quantitative estimate of drug-likeness (QED) is 0.652. The summed E-state index contributed by atoms with van der Waals surface area (Å²) < 4.78 is 0. The lowest BCUT2D eigenvalue weighted by Gasteiger charge is -2.00. The Morgan fingerprint density at radius 2 is 2.27 bits per heavy atom. The Balaban J connectivity index is 3.09. The van der Waals surface area contributed by atoms with Crippen LogP contribution >= 0.6 is 0 Å². The van der Waals surface area contributed by atoms with Crippen molar-refractivity contribution in [1.29, 1.82) is 0 Å². The number of aldehydes is 1. The highest BCUT2D eigenvalue weighted by molar-refractivity contribution is 5.75. The predicted octanol–water partition coefficient (Wildman–Crippen LogP) is 1.77. The molecule has 0 aliphatic carbocycles. The maximum atomic E-state index is 10.2. The van der Waals surface area contributed by atoms with Gasteiger partial charge in [-0.25, -0.2) is 0 Å². The molecule has 0 saturated heterocycles. The van der Waals surface area contributed by atoms with E-state index in [0.29, 0.717) is 5.56 Å². The molecule has 0 spiro atoms. The van der Waals surface area contributed by atoms with Gasteiger partial charge in [0.15, 0.2) is 0 Å². The molecule has 1 rings (SSSR count). The minimum atomic E-state index is 0.206. The van der Waals surface area contributed by atoms with Crippen molar-refractivity contribution < 1.29 is 9.90 Å². The zero-order chi connectivity index (χ0) is 8.27. The Morgan fingerprint density at radius 3 is 2.73 bits per heavy atom. The van der Waals surface area contributed by atoms with Crippen LogP contribution in [0.1, 0.15) is 22.8 Å². The number of aryl methyl sites for hydroxylation is 1. The zero-order valence-electron chi connectivity index (χ0n) is 6.37. The topological polar surface area (TPSA) is 37.3 Å². The third-order valence-corrected chi connectivity index (χ3v) is 1.63. The highest BCUT2D eigenvalue weighted by Gasteiger charge is 1.98. The van der Waals surface area contributed by atoms with Crippen LogP contribution < -0.4 is 0 Å². The van der Waals surface area contributed by atoms with E-state index in [0.717, 1.165) is 18.3 Å². The van der Waals surface area contributed by atoms with Crippen LogP contribution in [0.25, 0.3) is 0 Å². The fourth-order valence-electron chi connectivity index (χ4n) is 0.953. The predicted molar refractivity (Wildman–Crippen MR) is 42.9 cm³/mol. The second-order valence-electron chi connectivity index (χ2n) is 2.36. The van der Waals surface area contributed by atoms with Crippen LogP contribution in [-0.2, 0) is 6.42 Å². The van der Waals surface area contributed by atoms with Crippen molar-refractivity contribution in [2.45, 2.75) is 13.3 Å². The van der Waals surface area contributed by atoms with Gasteiger partial charge >= 0.3 is 0 Å². The van der Waals surface area contributed by atoms with E-state index in [1.807, 2.05) is 6.92 Å². The molecule has 0 atom stereocenters. The van der Waals surface area contributed by atoms with Gasteiger partial charge in [0.25, 0.3) is 0 Å². The Morgan fingerprint density at radius 1 is 1.55 bits per heavy atom. The van der Waals surface area contributed by atoms with Crippen LogP contribution in [0.4, 0.5) is 0 Å². The average Bonchev–Trinajstić information content (AvgIpc) is 2.04. The molecule has 2 heteroatoms. The number of aromatic hydroxyl groups is 1. The van der Waals surface area contributed by atoms with Crippen LogP contribution in [-0.4, -0.2) is 11.4 Å². The number of phenolic OH excluding ortho intramolecular Hbond substituents is 1. The van der Waals surface area contributed by atoms with E-state index < -0.39 is 0 Å². The Hall–Kier alpha value is -1.31. The average molecular weight is 150 g/mol. The summed E-state index contributed by atoms with van der Waals surface area (Å²) >= 11 is 0. The summed E-state index contributed by atoms with van der Waals surface area (Å²) in [4.78, 5) is 10.2. The van der Waals surface area contributed by atoms with E-state index in [4.69, 9.17) is 0 Å². The van der Waals surface area contributed by atoms with Crippen LogP contribution in [0.5, 0.6) is 5.75 Å². The van der Waals surface area contributed by atoms with Crippen molar-refractivity contribution in [3.05, 3.63) is 29.3 Å². The van der Waals surface area contributed by atoms with Crippen molar-refractivity contribution in [3.63, 3.8) is 0 Å². The summed E-state index contributed by atoms with van der Waals surface area (Å²) in [5.41, 5.74) is 1.38. The normalized spacial score (nSPS) is 9.55. The van der Waals surface area contributed by atoms with Crippen LogP contribution in [0.2, 0.25) is 0 Å². The molecule has 1 N–H and O–H groups in total. The maximum absolute atomic E-state index is 10.2. The molecule has 0 heterocycles. The molecule has 11 heavy (non-hydrogen) atoms. The summed E-state index contributed by atoms with van der Waals surface area (Å²) in [5, 5.41) is 9.26. The minimum Gasteiger partial charge on any atom is -0.508 e. The smallest absolute Gasteiger partial charge is 0.150 e. The first-order valence-electron chi connectivity index (χ1n) is 3.55. The molecule has 0 bridgehead atoms. The molecule has 0 amide bonds. The summed E-state index contributed by atoms with van der Waals surface area (Å²) in [6.07, 6.45) is 1.50. The van der Waals surface area contributed by atoms with Crippen molar-refractivity contribution in [2.24, 2.45) is 0 Å². The van der Waals surface area contributed by atoms with E-state index >= 15 is 0 Å². The monoisotopic (exact) mass is 150 g/mol. The number of hydrogen-bond acceptors (Lipinski definition) is 2. The van der Waals surface area contributed by atoms with Gasteiger partial charge in [0, 0.05) is 5.56 Å². The third kappa shape index (κ3) is 1.58. The molecule has 0 saturated carbocycles. The molecule has 0 unspecified atom stereocenters. The van der Waals surface area contributed by atoms with Gasteiger partial charge in [-0.15, -0.1) is 0 Å². The lowest BCUT2D eigenvalue weighted by atomic mass is 10.1. The number of hydrogen-bond donors (Lipinski definition) is 1. The molecule has 0 fully saturated rings. The molecule has 0 aliphatic rings. The molecule has 0 aliphatic heterocycles. The van der Waals surface area contributed by atoms with E-state index in [1.54, 1.807) is 12.1 Å². The van der Waals surface area contributed by atoms with Gasteiger partial charge in [-0.05, 0) is 18.1 Å². The van der Waals surface area contributed by atoms with Crippen LogP contribution in [0.3, 0.4) is 0 Å². The standard InChI is InChI=1S/C9H10O2/c1-2-8-4-3-7(6-10)5-9(8)11/h3-6,11H,2H2,1H3. The Labute approximate surface area is 65.5 Å². The first-order valence-corrected chi connectivity index (χ1v) is 3.55. The third-order valence-electron chi connectivity index (χ3n) is 1.63. The fraction of sp³-hybridized carbons (Fsp3) is 0.222. The van der Waals surface area contributed by atoms with Gasteiger partial charge in [0.05, 0.1) is 0 Å². The van der Waals surface area contributed by atoms with Gasteiger partial charge in [-0.3, -0.25) is 4.79 Å². The van der Waals surface area contributed by atoms with Gasteiger partial charge < -0.3 is 5.11 Å². The first-order chi connectivity index (χ1) is 5.27. The maximum Gasteiger partial charge on any atom is 0.150 e. The lowest BCUT2D eigenvalue weighted by molar-refractivity contribution is 0.112. The summed E-state index contributed by atoms with van der Waals surface area (Å²) in [5.74, 6) is 0.206. The molecule has 0 radical (unpaired) electrons. The number of carbonyl (C=O) groups excluding carboxylic acids is 1. The SMILES string of the molecule is CCc1ccc(C=O)cc1O. The summed E-state index contributed by atoms with van der Waals surface area (Å²) in [6, 6.07) is 4.94. The first kappa shape index (κ1) is 7.79. The molecule has 58 valence electrons. The van der Waals surface area contributed by atoms with E-state index in [2.05, 4.69) is 0 Å². The largest absolute Gasteiger partial charge is 0.508 e. The zero-order valence-corrected chi connectivity index (χ0v) is 6.37. The molecular weight excluding hydrogens is 140 g/mol. The summed E-state index contributed by atoms with van der Waals surface area (Å²) in [7, 11) is 0. The van der Waals surface area contributed by atoms with Crippen molar-refractivity contribution in [2.75, 3.05) is 0 Å². The van der Waals surface area contributed by atoms with Crippen LogP contribution in [0.15, 0.2) is 18.2 Å². The highest BCUT2D eigenvalue weighted by atomic mass is 16.3. The van der Waals surface area contributed by atoms with Gasteiger partial charge in [0.2, 0.25) is 0 Å². The van der Waals surface area contributed by atoms with Gasteiger partial charge in [-0.2, -0.15) is 0 Å². The highest BCUT2D eigenvalue weighted by Crippen LogP contribution is 2.17.